The molecule has 3 unspecified atom stereocenters. The molecule has 0 bridgehead atoms. The van der Waals surface area contributed by atoms with Crippen LogP contribution in [0.15, 0.2) is 9.59 Å². The summed E-state index contributed by atoms with van der Waals surface area (Å²) in [6, 6.07) is 0. The van der Waals surface area contributed by atoms with Crippen molar-refractivity contribution < 1.29 is 65.0 Å². The van der Waals surface area contributed by atoms with E-state index in [2.05, 4.69) is 13.1 Å². The molecular formula is C13H17F2N2O14P3. The Balaban J connectivity index is 2.35. The fourth-order valence-electron chi connectivity index (χ4n) is 2.96. The number of hydrogen-bond acceptors (Lipinski definition) is 10. The fraction of sp³-hybridized carbons (Fsp3) is 0.538. The van der Waals surface area contributed by atoms with Gasteiger partial charge in [0.1, 0.15) is 17.9 Å². The average Bonchev–Trinajstić information content (AvgIpc) is 2.84. The van der Waals surface area contributed by atoms with Gasteiger partial charge >= 0.3 is 29.2 Å². The number of nitrogens with one attached hydrogen (secondary N) is 1. The molecular weight excluding hydrogens is 539 g/mol. The predicted molar refractivity (Wildman–Crippen MR) is 103 cm³/mol. The Bertz CT molecular complexity index is 1260. The first kappa shape index (κ1) is 28.7. The highest BCUT2D eigenvalue weighted by Gasteiger charge is 2.58. The molecule has 0 amide bonds. The molecule has 2 rings (SSSR count). The third-order valence-electron chi connectivity index (χ3n) is 4.30. The molecule has 21 heteroatoms. The van der Waals surface area contributed by atoms with E-state index in [-0.39, 0.29) is 4.57 Å². The van der Waals surface area contributed by atoms with Crippen LogP contribution in [0.2, 0.25) is 0 Å². The number of halogens is 2. The van der Waals surface area contributed by atoms with E-state index in [4.69, 9.17) is 20.9 Å². The predicted octanol–water partition coefficient (Wildman–Crippen LogP) is -0.625. The van der Waals surface area contributed by atoms with Crippen molar-refractivity contribution in [3.05, 3.63) is 32.3 Å². The van der Waals surface area contributed by atoms with Gasteiger partial charge in [0.2, 0.25) is 5.82 Å². The summed E-state index contributed by atoms with van der Waals surface area (Å²) in [7, 11) is -17.2. The Morgan fingerprint density at radius 3 is 2.26 bits per heavy atom. The molecule has 1 aliphatic rings. The summed E-state index contributed by atoms with van der Waals surface area (Å²) in [6.45, 7) is 1.54. The van der Waals surface area contributed by atoms with Crippen LogP contribution >= 0.6 is 23.5 Å². The van der Waals surface area contributed by atoms with Crippen molar-refractivity contribution in [2.24, 2.45) is 0 Å². The minimum absolute atomic E-state index is 0.164. The molecule has 7 atom stereocenters. The fourth-order valence-corrected chi connectivity index (χ4v) is 6.16. The van der Waals surface area contributed by atoms with Gasteiger partial charge in [-0.3, -0.25) is 18.9 Å². The molecule has 2 heterocycles. The van der Waals surface area contributed by atoms with Crippen LogP contribution in [-0.4, -0.2) is 58.2 Å². The Labute approximate surface area is 187 Å². The van der Waals surface area contributed by atoms with Gasteiger partial charge in [0.15, 0.2) is 11.9 Å². The maximum absolute atomic E-state index is 15.4. The van der Waals surface area contributed by atoms with E-state index in [1.807, 2.05) is 0 Å². The number of aliphatic hydroxyl groups excluding tert-OH is 1. The number of alkyl halides is 1. The monoisotopic (exact) mass is 556 g/mol. The van der Waals surface area contributed by atoms with Gasteiger partial charge in [-0.15, -0.1) is 6.42 Å². The molecule has 1 saturated heterocycles. The van der Waals surface area contributed by atoms with Crippen molar-refractivity contribution in [1.82, 2.24) is 9.55 Å². The topological polar surface area (TPSA) is 244 Å². The van der Waals surface area contributed by atoms with Crippen LogP contribution in [0, 0.1) is 18.2 Å². The summed E-state index contributed by atoms with van der Waals surface area (Å²) in [5, 5.41) is 10.3. The van der Waals surface area contributed by atoms with Gasteiger partial charge in [0.25, 0.3) is 5.56 Å². The van der Waals surface area contributed by atoms with E-state index >= 15 is 4.39 Å². The Kier molecular flexibility index (Phi) is 7.99. The van der Waals surface area contributed by atoms with Crippen molar-refractivity contribution >= 4 is 23.5 Å². The highest BCUT2D eigenvalue weighted by atomic mass is 31.3. The Hall–Kier alpha value is -1.57. The summed E-state index contributed by atoms with van der Waals surface area (Å²) in [6.07, 6.45) is -3.28. The van der Waals surface area contributed by atoms with Gasteiger partial charge in [-0.05, 0) is 19.8 Å². The third-order valence-corrected chi connectivity index (χ3v) is 8.22. The number of hydrogen-bond donors (Lipinski definition) is 6. The Morgan fingerprint density at radius 1 is 1.21 bits per heavy atom. The number of aromatic nitrogens is 2. The number of rotatable bonds is 8. The molecule has 0 radical (unpaired) electrons. The minimum atomic E-state index is -5.87. The van der Waals surface area contributed by atoms with Crippen molar-refractivity contribution in [1.29, 1.82) is 0 Å². The number of aromatic amines is 1. The van der Waals surface area contributed by atoms with Gasteiger partial charge in [-0.25, -0.2) is 22.9 Å². The molecule has 1 aromatic heterocycles. The zero-order chi connectivity index (χ0) is 26.4. The molecule has 0 aliphatic carbocycles. The number of terminal acetylenes is 1. The number of nitrogens with zero attached hydrogens (tertiary/aromatic N) is 1. The average molecular weight is 556 g/mol. The second-order valence-corrected chi connectivity index (χ2v) is 11.3. The van der Waals surface area contributed by atoms with E-state index in [0.29, 0.717) is 6.92 Å². The summed E-state index contributed by atoms with van der Waals surface area (Å²) >= 11 is 0. The minimum Gasteiger partial charge on any atom is -0.387 e. The van der Waals surface area contributed by atoms with Crippen molar-refractivity contribution in [2.45, 2.75) is 44.1 Å². The quantitative estimate of drug-likeness (QED) is 0.173. The van der Waals surface area contributed by atoms with Crippen molar-refractivity contribution in [3.63, 3.8) is 0 Å². The lowest BCUT2D eigenvalue weighted by molar-refractivity contribution is -0.0812. The van der Waals surface area contributed by atoms with E-state index in [1.54, 1.807) is 5.92 Å². The zero-order valence-electron chi connectivity index (χ0n) is 16.8. The SMILES string of the molecule is C#Cc1c(F)c(=O)[nH]c(=O)n1[C@@H]1O[C@H]([C@H](C)OP(=O)(O)OP(=O)(O)OP(=O)(O)O)C(O)[C@@]1(C)F. The van der Waals surface area contributed by atoms with Crippen LogP contribution in [-0.2, 0) is 31.6 Å². The van der Waals surface area contributed by atoms with Crippen LogP contribution in [0.5, 0.6) is 0 Å². The van der Waals surface area contributed by atoms with E-state index in [0.717, 1.165) is 6.92 Å². The van der Waals surface area contributed by atoms with Gasteiger partial charge in [0.05, 0.1) is 6.10 Å². The third kappa shape index (κ3) is 6.16. The molecule has 192 valence electrons. The van der Waals surface area contributed by atoms with Gasteiger partial charge in [-0.1, -0.05) is 0 Å². The molecule has 0 spiro atoms. The zero-order valence-corrected chi connectivity index (χ0v) is 19.5. The van der Waals surface area contributed by atoms with Crippen LogP contribution in [0.4, 0.5) is 8.78 Å². The largest absolute Gasteiger partial charge is 0.490 e. The first-order chi connectivity index (χ1) is 15.2. The molecule has 6 N–H and O–H groups in total. The lowest BCUT2D eigenvalue weighted by Crippen LogP contribution is -2.46. The molecule has 34 heavy (non-hydrogen) atoms. The second-order valence-electron chi connectivity index (χ2n) is 6.89. The molecule has 0 aromatic carbocycles. The molecule has 16 nitrogen and oxygen atoms in total. The smallest absolute Gasteiger partial charge is 0.387 e. The van der Waals surface area contributed by atoms with E-state index in [1.165, 1.54) is 4.98 Å². The van der Waals surface area contributed by atoms with Crippen LogP contribution in [0.1, 0.15) is 25.8 Å². The number of aliphatic hydroxyl groups is 1. The lowest BCUT2D eigenvalue weighted by atomic mass is 9.96. The van der Waals surface area contributed by atoms with Crippen LogP contribution in [0.25, 0.3) is 0 Å². The highest BCUT2D eigenvalue weighted by molar-refractivity contribution is 7.66. The molecule has 1 aliphatic heterocycles. The van der Waals surface area contributed by atoms with Crippen molar-refractivity contribution in [2.75, 3.05) is 0 Å². The van der Waals surface area contributed by atoms with Gasteiger partial charge in [0, 0.05) is 0 Å². The summed E-state index contributed by atoms with van der Waals surface area (Å²) in [4.78, 5) is 60.9. The normalized spacial score (nSPS) is 29.7. The molecule has 1 aromatic rings. The summed E-state index contributed by atoms with van der Waals surface area (Å²) in [5.41, 5.74) is -6.97. The highest BCUT2D eigenvalue weighted by Crippen LogP contribution is 2.66. The van der Waals surface area contributed by atoms with Crippen LogP contribution < -0.4 is 11.2 Å². The summed E-state index contributed by atoms with van der Waals surface area (Å²) in [5.74, 6) is 0.0170. The lowest BCUT2D eigenvalue weighted by Gasteiger charge is -2.26. The number of H-pyrrole nitrogens is 1. The standard InChI is InChI=1S/C13H17F2N2O14P3/c1-4-6-7(14)10(19)16-12(20)17(6)11-13(3,15)9(18)8(28-11)5(2)29-33(24,25)31-34(26,27)30-32(21,22)23/h1,5,8-9,11,18H,2-3H3,(H,24,25)(H,26,27)(H,16,19,20)(H2,21,22,23)/t5-,8+,9?,11+,13+/m0/s1. The van der Waals surface area contributed by atoms with E-state index < -0.39 is 76.4 Å². The number of phosphoric acid groups is 3. The van der Waals surface area contributed by atoms with Crippen LogP contribution in [0.3, 0.4) is 0 Å². The van der Waals surface area contributed by atoms with Gasteiger partial charge in [-0.2, -0.15) is 13.0 Å². The Morgan fingerprint density at radius 2 is 1.76 bits per heavy atom. The first-order valence-corrected chi connectivity index (χ1v) is 13.1. The maximum Gasteiger partial charge on any atom is 0.490 e. The molecule has 1 fully saturated rings. The number of ether oxygens (including phenoxy) is 1. The number of phosphoric ester groups is 1. The maximum atomic E-state index is 15.4. The van der Waals surface area contributed by atoms with Crippen molar-refractivity contribution in [3.8, 4) is 12.3 Å². The molecule has 0 saturated carbocycles. The van der Waals surface area contributed by atoms with Gasteiger partial charge < -0.3 is 29.4 Å². The second kappa shape index (κ2) is 9.47. The van der Waals surface area contributed by atoms with E-state index in [9.17, 15) is 42.6 Å². The summed E-state index contributed by atoms with van der Waals surface area (Å²) < 4.78 is 80.4. The first-order valence-electron chi connectivity index (χ1n) is 8.58.